The van der Waals surface area contributed by atoms with Crippen molar-refractivity contribution in [3.63, 3.8) is 0 Å². The topological polar surface area (TPSA) is 33.1 Å². The van der Waals surface area contributed by atoms with Crippen LogP contribution in [-0.2, 0) is 0 Å². The van der Waals surface area contributed by atoms with Gasteiger partial charge >= 0.3 is 0 Å². The van der Waals surface area contributed by atoms with Crippen LogP contribution in [0, 0.1) is 5.82 Å². The summed E-state index contributed by atoms with van der Waals surface area (Å²) < 4.78 is 13.2. The van der Waals surface area contributed by atoms with Gasteiger partial charge in [0.1, 0.15) is 11.5 Å². The van der Waals surface area contributed by atoms with Gasteiger partial charge in [0.15, 0.2) is 0 Å². The monoisotopic (exact) mass is 225 g/mol. The summed E-state index contributed by atoms with van der Waals surface area (Å²) in [7, 11) is 0. The molecule has 0 fully saturated rings. The summed E-state index contributed by atoms with van der Waals surface area (Å²) in [6.07, 6.45) is 6.99. The molecule has 1 rings (SSSR count). The summed E-state index contributed by atoms with van der Waals surface area (Å²) in [6, 6.07) is 2.87. The van der Waals surface area contributed by atoms with E-state index in [1.54, 1.807) is 0 Å². The van der Waals surface area contributed by atoms with Crippen molar-refractivity contribution in [2.24, 2.45) is 0 Å². The van der Waals surface area contributed by atoms with Crippen molar-refractivity contribution >= 4 is 0 Å². The van der Waals surface area contributed by atoms with Crippen LogP contribution in [0.4, 0.5) is 4.39 Å². The molecule has 0 aliphatic rings. The van der Waals surface area contributed by atoms with Gasteiger partial charge in [0.25, 0.3) is 0 Å². The zero-order chi connectivity index (χ0) is 11.8. The molecule has 1 aromatic heterocycles. The smallest absolute Gasteiger partial charge is 0.147 e. The largest absolute Gasteiger partial charge is 0.387 e. The summed E-state index contributed by atoms with van der Waals surface area (Å²) in [6.45, 7) is 2.16. The van der Waals surface area contributed by atoms with Crippen LogP contribution in [0.2, 0.25) is 0 Å². The fourth-order valence-electron chi connectivity index (χ4n) is 1.72. The van der Waals surface area contributed by atoms with Crippen LogP contribution >= 0.6 is 0 Å². The summed E-state index contributed by atoms with van der Waals surface area (Å²) in [5.41, 5.74) is 0.179. The molecular weight excluding hydrogens is 205 g/mol. The van der Waals surface area contributed by atoms with Gasteiger partial charge in [0, 0.05) is 6.20 Å². The molecule has 1 unspecified atom stereocenters. The van der Waals surface area contributed by atoms with Crippen molar-refractivity contribution in [2.75, 3.05) is 0 Å². The molecule has 0 bridgehead atoms. The molecular formula is C13H20FNO. The number of hydrogen-bond donors (Lipinski definition) is 1. The number of nitrogens with zero attached hydrogens (tertiary/aromatic N) is 1. The number of hydrogen-bond acceptors (Lipinski definition) is 2. The predicted octanol–water partition coefficient (Wildman–Crippen LogP) is 3.61. The highest BCUT2D eigenvalue weighted by atomic mass is 19.1. The first-order valence-corrected chi connectivity index (χ1v) is 6.04. The molecule has 1 aromatic rings. The normalized spacial score (nSPS) is 12.7. The number of aliphatic hydroxyl groups is 1. The van der Waals surface area contributed by atoms with Gasteiger partial charge in [-0.15, -0.1) is 0 Å². The Labute approximate surface area is 96.5 Å². The fourth-order valence-corrected chi connectivity index (χ4v) is 1.72. The number of unbranched alkanes of at least 4 members (excludes halogenated alkanes) is 4. The average Bonchev–Trinajstić information content (AvgIpc) is 2.29. The lowest BCUT2D eigenvalue weighted by atomic mass is 10.1. The number of halogens is 1. The molecule has 2 nitrogen and oxygen atoms in total. The van der Waals surface area contributed by atoms with Gasteiger partial charge < -0.3 is 5.11 Å². The number of aromatic nitrogens is 1. The molecule has 0 saturated heterocycles. The van der Waals surface area contributed by atoms with E-state index in [2.05, 4.69) is 11.9 Å². The highest BCUT2D eigenvalue weighted by molar-refractivity contribution is 5.09. The Morgan fingerprint density at radius 3 is 2.75 bits per heavy atom. The molecule has 0 aliphatic carbocycles. The number of rotatable bonds is 7. The first kappa shape index (κ1) is 13.1. The van der Waals surface area contributed by atoms with Gasteiger partial charge in [0.2, 0.25) is 0 Å². The van der Waals surface area contributed by atoms with Crippen molar-refractivity contribution in [3.05, 3.63) is 29.8 Å². The summed E-state index contributed by atoms with van der Waals surface area (Å²) in [5.74, 6) is -0.413. The minimum atomic E-state index is -0.761. The summed E-state index contributed by atoms with van der Waals surface area (Å²) >= 11 is 0. The van der Waals surface area contributed by atoms with Gasteiger partial charge in [-0.1, -0.05) is 39.0 Å². The highest BCUT2D eigenvalue weighted by Crippen LogP contribution is 2.20. The zero-order valence-corrected chi connectivity index (χ0v) is 9.82. The van der Waals surface area contributed by atoms with Gasteiger partial charge in [0.05, 0.1) is 6.10 Å². The average molecular weight is 225 g/mol. The minimum absolute atomic E-state index is 0.179. The second kappa shape index (κ2) is 7.34. The molecule has 1 N–H and O–H groups in total. The van der Waals surface area contributed by atoms with Crippen molar-refractivity contribution in [1.29, 1.82) is 0 Å². The molecule has 0 spiro atoms. The standard InChI is InChI=1S/C13H20FNO/c1-2-3-4-5-6-9-12(16)13-11(14)8-7-10-15-13/h7-8,10,12,16H,2-6,9H2,1H3. The van der Waals surface area contributed by atoms with Crippen molar-refractivity contribution in [1.82, 2.24) is 4.98 Å². The summed E-state index contributed by atoms with van der Waals surface area (Å²) in [4.78, 5) is 3.87. The maximum Gasteiger partial charge on any atom is 0.147 e. The quantitative estimate of drug-likeness (QED) is 0.719. The lowest BCUT2D eigenvalue weighted by Gasteiger charge is -2.10. The second-order valence-electron chi connectivity index (χ2n) is 4.09. The van der Waals surface area contributed by atoms with E-state index >= 15 is 0 Å². The Bertz CT molecular complexity index is 304. The van der Waals surface area contributed by atoms with E-state index in [1.807, 2.05) is 0 Å². The van der Waals surface area contributed by atoms with Crippen LogP contribution < -0.4 is 0 Å². The Hall–Kier alpha value is -0.960. The van der Waals surface area contributed by atoms with Crippen LogP contribution in [0.15, 0.2) is 18.3 Å². The number of pyridine rings is 1. The molecule has 0 aromatic carbocycles. The molecule has 1 atom stereocenters. The summed E-state index contributed by atoms with van der Waals surface area (Å²) in [5, 5.41) is 9.76. The van der Waals surface area contributed by atoms with E-state index in [0.717, 1.165) is 12.8 Å². The molecule has 16 heavy (non-hydrogen) atoms. The SMILES string of the molecule is CCCCCCCC(O)c1ncccc1F. The molecule has 0 amide bonds. The van der Waals surface area contributed by atoms with E-state index in [9.17, 15) is 9.50 Å². The molecule has 0 saturated carbocycles. The first-order chi connectivity index (χ1) is 7.75. The van der Waals surface area contributed by atoms with Gasteiger partial charge in [-0.25, -0.2) is 4.39 Å². The van der Waals surface area contributed by atoms with E-state index in [4.69, 9.17) is 0 Å². The second-order valence-corrected chi connectivity index (χ2v) is 4.09. The lowest BCUT2D eigenvalue weighted by Crippen LogP contribution is -2.03. The predicted molar refractivity (Wildman–Crippen MR) is 62.5 cm³/mol. The minimum Gasteiger partial charge on any atom is -0.387 e. The van der Waals surface area contributed by atoms with Crippen LogP contribution in [-0.4, -0.2) is 10.1 Å². The fraction of sp³-hybridized carbons (Fsp3) is 0.615. The van der Waals surface area contributed by atoms with E-state index in [1.165, 1.54) is 37.6 Å². The van der Waals surface area contributed by atoms with Gasteiger partial charge in [-0.2, -0.15) is 0 Å². The van der Waals surface area contributed by atoms with E-state index < -0.39 is 11.9 Å². The van der Waals surface area contributed by atoms with Crippen molar-refractivity contribution < 1.29 is 9.50 Å². The molecule has 3 heteroatoms. The third kappa shape index (κ3) is 4.27. The number of aliphatic hydroxyl groups excluding tert-OH is 1. The lowest BCUT2D eigenvalue weighted by molar-refractivity contribution is 0.153. The molecule has 1 heterocycles. The van der Waals surface area contributed by atoms with Crippen molar-refractivity contribution in [2.45, 2.75) is 51.6 Å². The van der Waals surface area contributed by atoms with Crippen LogP contribution in [0.5, 0.6) is 0 Å². The maximum atomic E-state index is 13.2. The Kier molecular flexibility index (Phi) is 6.01. The third-order valence-corrected chi connectivity index (χ3v) is 2.68. The van der Waals surface area contributed by atoms with Crippen molar-refractivity contribution in [3.8, 4) is 0 Å². The van der Waals surface area contributed by atoms with Crippen LogP contribution in [0.1, 0.15) is 57.2 Å². The highest BCUT2D eigenvalue weighted by Gasteiger charge is 2.12. The Morgan fingerprint density at radius 2 is 2.06 bits per heavy atom. The third-order valence-electron chi connectivity index (χ3n) is 2.68. The van der Waals surface area contributed by atoms with E-state index in [0.29, 0.717) is 6.42 Å². The Morgan fingerprint density at radius 1 is 1.31 bits per heavy atom. The zero-order valence-electron chi connectivity index (χ0n) is 9.82. The van der Waals surface area contributed by atoms with Gasteiger partial charge in [-0.05, 0) is 18.6 Å². The first-order valence-electron chi connectivity index (χ1n) is 6.04. The molecule has 0 aliphatic heterocycles. The maximum absolute atomic E-state index is 13.2. The molecule has 0 radical (unpaired) electrons. The van der Waals surface area contributed by atoms with Crippen LogP contribution in [0.25, 0.3) is 0 Å². The van der Waals surface area contributed by atoms with E-state index in [-0.39, 0.29) is 5.69 Å². The Balaban J connectivity index is 2.30. The van der Waals surface area contributed by atoms with Crippen LogP contribution in [0.3, 0.4) is 0 Å². The van der Waals surface area contributed by atoms with Gasteiger partial charge in [-0.3, -0.25) is 4.98 Å². The molecule has 90 valence electrons.